The number of carbonyl (C=O) groups is 2. The second kappa shape index (κ2) is 6.89. The van der Waals surface area contributed by atoms with E-state index in [2.05, 4.69) is 5.32 Å². The normalized spacial score (nSPS) is 11.9. The molecule has 0 aliphatic carbocycles. The molecular weight excluding hydrogens is 244 g/mol. The zero-order valence-electron chi connectivity index (χ0n) is 11.3. The quantitative estimate of drug-likeness (QED) is 0.732. The van der Waals surface area contributed by atoms with Crippen molar-refractivity contribution in [2.45, 2.75) is 26.7 Å². The van der Waals surface area contributed by atoms with E-state index in [0.717, 1.165) is 18.4 Å². The summed E-state index contributed by atoms with van der Waals surface area (Å²) in [4.78, 5) is 22.7. The van der Waals surface area contributed by atoms with Crippen LogP contribution in [0.4, 0.5) is 5.69 Å². The molecule has 1 amide bonds. The van der Waals surface area contributed by atoms with Crippen LogP contribution in [0.15, 0.2) is 18.2 Å². The van der Waals surface area contributed by atoms with Gasteiger partial charge in [0.25, 0.3) is 0 Å². The summed E-state index contributed by atoms with van der Waals surface area (Å²) in [6.45, 7) is 4.20. The molecule has 0 heterocycles. The van der Waals surface area contributed by atoms with Gasteiger partial charge in [0.1, 0.15) is 0 Å². The number of anilines is 1. The molecule has 1 atom stereocenters. The zero-order valence-corrected chi connectivity index (χ0v) is 11.3. The van der Waals surface area contributed by atoms with Crippen molar-refractivity contribution in [3.63, 3.8) is 0 Å². The molecule has 19 heavy (non-hydrogen) atoms. The highest BCUT2D eigenvalue weighted by Gasteiger charge is 2.14. The molecule has 0 aliphatic rings. The van der Waals surface area contributed by atoms with Crippen molar-refractivity contribution in [3.05, 3.63) is 29.3 Å². The van der Waals surface area contributed by atoms with Crippen molar-refractivity contribution in [2.24, 2.45) is 11.7 Å². The van der Waals surface area contributed by atoms with Gasteiger partial charge < -0.3 is 16.2 Å². The van der Waals surface area contributed by atoms with Gasteiger partial charge in [-0.2, -0.15) is 0 Å². The van der Waals surface area contributed by atoms with E-state index in [0.29, 0.717) is 12.2 Å². The fourth-order valence-electron chi connectivity index (χ4n) is 1.75. The van der Waals surface area contributed by atoms with Gasteiger partial charge >= 0.3 is 5.97 Å². The van der Waals surface area contributed by atoms with E-state index < -0.39 is 5.97 Å². The number of hydrogen-bond donors (Lipinski definition) is 3. The zero-order chi connectivity index (χ0) is 14.4. The number of aryl methyl sites for hydroxylation is 1. The Kier molecular flexibility index (Phi) is 5.51. The number of carbonyl (C=O) groups excluding carboxylic acids is 1. The lowest BCUT2D eigenvalue weighted by atomic mass is 10.0. The summed E-state index contributed by atoms with van der Waals surface area (Å²) in [7, 11) is 0. The molecular formula is C14H20N2O3. The SMILES string of the molecule is Cc1cc(C(=O)O)ccc1NC(=O)C(C)CCCN. The molecule has 1 rings (SSSR count). The van der Waals surface area contributed by atoms with E-state index in [1.807, 2.05) is 6.92 Å². The Labute approximate surface area is 112 Å². The van der Waals surface area contributed by atoms with Crippen molar-refractivity contribution in [2.75, 3.05) is 11.9 Å². The summed E-state index contributed by atoms with van der Waals surface area (Å²) in [6.07, 6.45) is 1.56. The van der Waals surface area contributed by atoms with E-state index in [4.69, 9.17) is 10.8 Å². The Morgan fingerprint density at radius 1 is 1.42 bits per heavy atom. The number of carboxylic acid groups (broad SMARTS) is 1. The number of rotatable bonds is 6. The highest BCUT2D eigenvalue weighted by atomic mass is 16.4. The van der Waals surface area contributed by atoms with Gasteiger partial charge in [0.2, 0.25) is 5.91 Å². The van der Waals surface area contributed by atoms with E-state index >= 15 is 0 Å². The van der Waals surface area contributed by atoms with Gasteiger partial charge in [-0.05, 0) is 50.1 Å². The topological polar surface area (TPSA) is 92.4 Å². The van der Waals surface area contributed by atoms with Gasteiger partial charge in [0, 0.05) is 11.6 Å². The minimum absolute atomic E-state index is 0.0698. The number of benzene rings is 1. The molecule has 0 bridgehead atoms. The molecule has 5 nitrogen and oxygen atoms in total. The summed E-state index contributed by atoms with van der Waals surface area (Å²) in [5.74, 6) is -1.15. The average Bonchev–Trinajstić information content (AvgIpc) is 2.37. The minimum atomic E-state index is -0.975. The summed E-state index contributed by atoms with van der Waals surface area (Å²) in [6, 6.07) is 4.64. The molecule has 4 N–H and O–H groups in total. The molecule has 1 aromatic rings. The minimum Gasteiger partial charge on any atom is -0.478 e. The first-order valence-corrected chi connectivity index (χ1v) is 6.30. The highest BCUT2D eigenvalue weighted by molar-refractivity contribution is 5.94. The average molecular weight is 264 g/mol. The molecule has 1 unspecified atom stereocenters. The van der Waals surface area contributed by atoms with Crippen LogP contribution in [-0.2, 0) is 4.79 Å². The Morgan fingerprint density at radius 2 is 2.11 bits per heavy atom. The van der Waals surface area contributed by atoms with Crippen LogP contribution >= 0.6 is 0 Å². The van der Waals surface area contributed by atoms with Crippen LogP contribution in [0.3, 0.4) is 0 Å². The third-order valence-corrected chi connectivity index (χ3v) is 3.02. The van der Waals surface area contributed by atoms with E-state index in [-0.39, 0.29) is 17.4 Å². The lowest BCUT2D eigenvalue weighted by molar-refractivity contribution is -0.119. The first kappa shape index (κ1) is 15.2. The molecule has 104 valence electrons. The number of carboxylic acids is 1. The van der Waals surface area contributed by atoms with Crippen LogP contribution in [0.25, 0.3) is 0 Å². The van der Waals surface area contributed by atoms with Gasteiger partial charge in [-0.25, -0.2) is 4.79 Å². The van der Waals surface area contributed by atoms with Crippen LogP contribution in [-0.4, -0.2) is 23.5 Å². The number of aromatic carboxylic acids is 1. The predicted molar refractivity (Wildman–Crippen MR) is 74.2 cm³/mol. The fourth-order valence-corrected chi connectivity index (χ4v) is 1.75. The first-order valence-electron chi connectivity index (χ1n) is 6.30. The van der Waals surface area contributed by atoms with Gasteiger partial charge in [0.05, 0.1) is 5.56 Å². The summed E-state index contributed by atoms with van der Waals surface area (Å²) in [5.41, 5.74) is 7.01. The summed E-state index contributed by atoms with van der Waals surface area (Å²) < 4.78 is 0. The van der Waals surface area contributed by atoms with E-state index in [9.17, 15) is 9.59 Å². The Bertz CT molecular complexity index is 472. The third-order valence-electron chi connectivity index (χ3n) is 3.02. The van der Waals surface area contributed by atoms with E-state index in [1.165, 1.54) is 6.07 Å². The molecule has 0 fully saturated rings. The first-order chi connectivity index (χ1) is 8.95. The molecule has 0 spiro atoms. The van der Waals surface area contributed by atoms with Gasteiger partial charge in [-0.15, -0.1) is 0 Å². The monoisotopic (exact) mass is 264 g/mol. The standard InChI is InChI=1S/C14H20N2O3/c1-9(4-3-7-15)13(17)16-12-6-5-11(14(18)19)8-10(12)2/h5-6,8-9H,3-4,7,15H2,1-2H3,(H,16,17)(H,18,19). The molecule has 0 saturated carbocycles. The largest absolute Gasteiger partial charge is 0.478 e. The molecule has 0 radical (unpaired) electrons. The predicted octanol–water partition coefficient (Wildman–Crippen LogP) is 2.01. The lowest BCUT2D eigenvalue weighted by Crippen LogP contribution is -2.21. The van der Waals surface area contributed by atoms with Crippen LogP contribution < -0.4 is 11.1 Å². The Balaban J connectivity index is 2.72. The second-order valence-corrected chi connectivity index (χ2v) is 4.66. The fraction of sp³-hybridized carbons (Fsp3) is 0.429. The summed E-state index contributed by atoms with van der Waals surface area (Å²) >= 11 is 0. The third kappa shape index (κ3) is 4.37. The maximum absolute atomic E-state index is 11.9. The smallest absolute Gasteiger partial charge is 0.335 e. The second-order valence-electron chi connectivity index (χ2n) is 4.66. The molecule has 1 aromatic carbocycles. The van der Waals surface area contributed by atoms with Crippen LogP contribution in [0.5, 0.6) is 0 Å². The highest BCUT2D eigenvalue weighted by Crippen LogP contribution is 2.18. The van der Waals surface area contributed by atoms with Gasteiger partial charge in [-0.1, -0.05) is 6.92 Å². The summed E-state index contributed by atoms with van der Waals surface area (Å²) in [5, 5.41) is 11.7. The number of hydrogen-bond acceptors (Lipinski definition) is 3. The Morgan fingerprint density at radius 3 is 2.63 bits per heavy atom. The number of nitrogens with two attached hydrogens (primary N) is 1. The van der Waals surface area contributed by atoms with Gasteiger partial charge in [0.15, 0.2) is 0 Å². The van der Waals surface area contributed by atoms with Crippen LogP contribution in [0.2, 0.25) is 0 Å². The number of amides is 1. The van der Waals surface area contributed by atoms with Crippen molar-refractivity contribution in [1.29, 1.82) is 0 Å². The Hall–Kier alpha value is -1.88. The van der Waals surface area contributed by atoms with Crippen molar-refractivity contribution in [3.8, 4) is 0 Å². The maximum atomic E-state index is 11.9. The van der Waals surface area contributed by atoms with Gasteiger partial charge in [-0.3, -0.25) is 4.79 Å². The van der Waals surface area contributed by atoms with Crippen molar-refractivity contribution >= 4 is 17.6 Å². The molecule has 0 aliphatic heterocycles. The number of nitrogens with one attached hydrogen (secondary N) is 1. The molecule has 0 saturated heterocycles. The van der Waals surface area contributed by atoms with Crippen LogP contribution in [0.1, 0.15) is 35.7 Å². The lowest BCUT2D eigenvalue weighted by Gasteiger charge is -2.13. The van der Waals surface area contributed by atoms with Crippen LogP contribution in [0, 0.1) is 12.8 Å². The van der Waals surface area contributed by atoms with E-state index in [1.54, 1.807) is 19.1 Å². The van der Waals surface area contributed by atoms with Crippen molar-refractivity contribution < 1.29 is 14.7 Å². The molecule has 0 aromatic heterocycles. The maximum Gasteiger partial charge on any atom is 0.335 e. The van der Waals surface area contributed by atoms with Crippen molar-refractivity contribution in [1.82, 2.24) is 0 Å². The molecule has 5 heteroatoms.